The summed E-state index contributed by atoms with van der Waals surface area (Å²) in [4.78, 5) is 8.16. The molecule has 21 heavy (non-hydrogen) atoms. The lowest BCUT2D eigenvalue weighted by Gasteiger charge is -2.11. The molecular formula is C14H13ClFN5. The third-order valence-corrected chi connectivity index (χ3v) is 3.57. The maximum absolute atomic E-state index is 13.1. The molecule has 2 aromatic heterocycles. The Labute approximate surface area is 125 Å². The highest BCUT2D eigenvalue weighted by Crippen LogP contribution is 2.21. The van der Waals surface area contributed by atoms with Crippen molar-refractivity contribution in [1.82, 2.24) is 19.6 Å². The summed E-state index contributed by atoms with van der Waals surface area (Å²) < 4.78 is 14.7. The van der Waals surface area contributed by atoms with Gasteiger partial charge in [0.25, 0.3) is 5.78 Å². The lowest BCUT2D eigenvalue weighted by atomic mass is 10.1. The van der Waals surface area contributed by atoms with Crippen molar-refractivity contribution in [3.05, 3.63) is 52.7 Å². The lowest BCUT2D eigenvalue weighted by molar-refractivity contribution is 0.625. The van der Waals surface area contributed by atoms with Gasteiger partial charge in [-0.25, -0.2) is 4.39 Å². The van der Waals surface area contributed by atoms with Gasteiger partial charge in [-0.05, 0) is 31.0 Å². The van der Waals surface area contributed by atoms with Crippen LogP contribution in [0.1, 0.15) is 11.1 Å². The predicted octanol–water partition coefficient (Wildman–Crippen LogP) is 2.88. The van der Waals surface area contributed by atoms with Crippen molar-refractivity contribution < 1.29 is 4.39 Å². The first-order valence-electron chi connectivity index (χ1n) is 6.49. The molecule has 0 aliphatic carbocycles. The van der Waals surface area contributed by atoms with E-state index < -0.39 is 0 Å². The molecule has 5 nitrogen and oxygen atoms in total. The average molecular weight is 306 g/mol. The molecule has 0 saturated carbocycles. The Morgan fingerprint density at radius 2 is 2.24 bits per heavy atom. The van der Waals surface area contributed by atoms with Crippen LogP contribution in [0.2, 0.25) is 5.15 Å². The quantitative estimate of drug-likeness (QED) is 0.753. The Bertz CT molecular complexity index is 786. The van der Waals surface area contributed by atoms with Crippen LogP contribution in [0.3, 0.4) is 0 Å². The molecule has 0 aliphatic rings. The number of hydrogen-bond donors (Lipinski definition) is 1. The highest BCUT2D eigenvalue weighted by Gasteiger charge is 2.11. The molecule has 7 heteroatoms. The van der Waals surface area contributed by atoms with Crippen LogP contribution in [0, 0.1) is 12.7 Å². The monoisotopic (exact) mass is 305 g/mol. The standard InChI is InChI=1S/C14H13ClFN5/c1-9-12(15)20-14-18-8-19-21(14)13(9)17-6-5-10-3-2-4-11(16)7-10/h2-4,7-8,17H,5-6H2,1H3. The van der Waals surface area contributed by atoms with Gasteiger partial charge in [0.1, 0.15) is 23.1 Å². The minimum Gasteiger partial charge on any atom is -0.369 e. The van der Waals surface area contributed by atoms with Crippen LogP contribution >= 0.6 is 11.6 Å². The van der Waals surface area contributed by atoms with E-state index in [2.05, 4.69) is 20.4 Å². The summed E-state index contributed by atoms with van der Waals surface area (Å²) in [6, 6.07) is 6.55. The fourth-order valence-electron chi connectivity index (χ4n) is 2.12. The van der Waals surface area contributed by atoms with Gasteiger partial charge >= 0.3 is 0 Å². The Morgan fingerprint density at radius 3 is 3.05 bits per heavy atom. The lowest BCUT2D eigenvalue weighted by Crippen LogP contribution is -2.12. The van der Waals surface area contributed by atoms with Gasteiger partial charge in [0.15, 0.2) is 0 Å². The first-order valence-corrected chi connectivity index (χ1v) is 6.87. The van der Waals surface area contributed by atoms with E-state index >= 15 is 0 Å². The van der Waals surface area contributed by atoms with E-state index in [1.54, 1.807) is 10.6 Å². The molecule has 0 atom stereocenters. The van der Waals surface area contributed by atoms with Crippen LogP contribution in [-0.4, -0.2) is 26.1 Å². The second-order valence-electron chi connectivity index (χ2n) is 4.65. The normalized spacial score (nSPS) is 11.0. The molecule has 2 heterocycles. The summed E-state index contributed by atoms with van der Waals surface area (Å²) in [5.41, 5.74) is 1.73. The number of hydrogen-bond acceptors (Lipinski definition) is 4. The molecule has 0 bridgehead atoms. The zero-order valence-corrected chi connectivity index (χ0v) is 12.1. The van der Waals surface area contributed by atoms with Gasteiger partial charge in [-0.3, -0.25) is 0 Å². The highest BCUT2D eigenvalue weighted by atomic mass is 35.5. The van der Waals surface area contributed by atoms with E-state index in [4.69, 9.17) is 11.6 Å². The summed E-state index contributed by atoms with van der Waals surface area (Å²) in [6.45, 7) is 2.49. The van der Waals surface area contributed by atoms with Crippen molar-refractivity contribution in [3.63, 3.8) is 0 Å². The summed E-state index contributed by atoms with van der Waals surface area (Å²) in [6.07, 6.45) is 2.11. The fraction of sp³-hybridized carbons (Fsp3) is 0.214. The van der Waals surface area contributed by atoms with Crippen molar-refractivity contribution in [2.75, 3.05) is 11.9 Å². The van der Waals surface area contributed by atoms with E-state index in [9.17, 15) is 4.39 Å². The Hall–Kier alpha value is -2.21. The van der Waals surface area contributed by atoms with Gasteiger partial charge in [0, 0.05) is 12.1 Å². The number of benzene rings is 1. The number of nitrogens with zero attached hydrogens (tertiary/aromatic N) is 4. The molecule has 0 fully saturated rings. The Morgan fingerprint density at radius 1 is 1.38 bits per heavy atom. The van der Waals surface area contributed by atoms with E-state index in [0.717, 1.165) is 16.9 Å². The van der Waals surface area contributed by atoms with Gasteiger partial charge in [-0.2, -0.15) is 19.6 Å². The van der Waals surface area contributed by atoms with Crippen molar-refractivity contribution in [2.45, 2.75) is 13.3 Å². The van der Waals surface area contributed by atoms with Gasteiger partial charge < -0.3 is 5.32 Å². The van der Waals surface area contributed by atoms with Crippen molar-refractivity contribution in [3.8, 4) is 0 Å². The number of anilines is 1. The Balaban J connectivity index is 1.79. The number of fused-ring (bicyclic) bond motifs is 1. The fourth-order valence-corrected chi connectivity index (χ4v) is 2.29. The van der Waals surface area contributed by atoms with Crippen LogP contribution in [0.15, 0.2) is 30.6 Å². The van der Waals surface area contributed by atoms with Crippen molar-refractivity contribution in [1.29, 1.82) is 0 Å². The SMILES string of the molecule is Cc1c(Cl)nc2ncnn2c1NCCc1cccc(F)c1. The molecule has 3 aromatic rings. The molecule has 0 spiro atoms. The second-order valence-corrected chi connectivity index (χ2v) is 5.01. The topological polar surface area (TPSA) is 55.1 Å². The first-order chi connectivity index (χ1) is 10.1. The maximum atomic E-state index is 13.1. The minimum atomic E-state index is -0.227. The smallest absolute Gasteiger partial charge is 0.255 e. The second kappa shape index (κ2) is 5.65. The zero-order chi connectivity index (χ0) is 14.8. The van der Waals surface area contributed by atoms with Crippen LogP contribution < -0.4 is 5.32 Å². The van der Waals surface area contributed by atoms with Crippen LogP contribution in [-0.2, 0) is 6.42 Å². The minimum absolute atomic E-state index is 0.227. The van der Waals surface area contributed by atoms with Gasteiger partial charge in [-0.1, -0.05) is 23.7 Å². The van der Waals surface area contributed by atoms with E-state index in [-0.39, 0.29) is 5.82 Å². The largest absolute Gasteiger partial charge is 0.369 e. The molecule has 3 rings (SSSR count). The zero-order valence-electron chi connectivity index (χ0n) is 11.3. The van der Waals surface area contributed by atoms with Crippen LogP contribution in [0.4, 0.5) is 10.2 Å². The maximum Gasteiger partial charge on any atom is 0.255 e. The summed E-state index contributed by atoms with van der Waals surface area (Å²) in [7, 11) is 0. The van der Waals surface area contributed by atoms with E-state index in [1.807, 2.05) is 13.0 Å². The molecule has 1 N–H and O–H groups in total. The number of aromatic nitrogens is 4. The highest BCUT2D eigenvalue weighted by molar-refractivity contribution is 6.30. The summed E-state index contributed by atoms with van der Waals surface area (Å²) >= 11 is 6.08. The van der Waals surface area contributed by atoms with Gasteiger partial charge in [0.2, 0.25) is 0 Å². The van der Waals surface area contributed by atoms with Crippen LogP contribution in [0.25, 0.3) is 5.78 Å². The average Bonchev–Trinajstić information content (AvgIpc) is 2.91. The molecule has 0 aliphatic heterocycles. The number of halogens is 2. The first kappa shape index (κ1) is 13.8. The predicted molar refractivity (Wildman–Crippen MR) is 79.1 cm³/mol. The molecule has 0 amide bonds. The van der Waals surface area contributed by atoms with Crippen molar-refractivity contribution >= 4 is 23.2 Å². The summed E-state index contributed by atoms with van der Waals surface area (Å²) in [5, 5.41) is 7.78. The molecule has 0 saturated heterocycles. The van der Waals surface area contributed by atoms with Gasteiger partial charge in [0.05, 0.1) is 0 Å². The van der Waals surface area contributed by atoms with E-state index in [1.165, 1.54) is 18.5 Å². The molecule has 1 aromatic carbocycles. The van der Waals surface area contributed by atoms with Crippen molar-refractivity contribution in [2.24, 2.45) is 0 Å². The summed E-state index contributed by atoms with van der Waals surface area (Å²) in [5.74, 6) is 0.965. The third-order valence-electron chi connectivity index (χ3n) is 3.20. The third kappa shape index (κ3) is 2.80. The molecular weight excluding hydrogens is 293 g/mol. The van der Waals surface area contributed by atoms with E-state index in [0.29, 0.717) is 23.9 Å². The number of nitrogens with one attached hydrogen (secondary N) is 1. The number of rotatable bonds is 4. The van der Waals surface area contributed by atoms with Gasteiger partial charge in [-0.15, -0.1) is 0 Å². The Kier molecular flexibility index (Phi) is 3.70. The molecule has 0 unspecified atom stereocenters. The molecule has 108 valence electrons. The van der Waals surface area contributed by atoms with Crippen LogP contribution in [0.5, 0.6) is 0 Å². The molecule has 0 radical (unpaired) electrons.